The van der Waals surface area contributed by atoms with Gasteiger partial charge in [0, 0.05) is 11.1 Å². The number of pyridine rings is 1. The second kappa shape index (κ2) is 5.57. The smallest absolute Gasteiger partial charge is 0.146 e. The molecule has 0 saturated carbocycles. The highest BCUT2D eigenvalue weighted by Gasteiger charge is 2.05. The minimum Gasteiger partial charge on any atom is -0.454 e. The van der Waals surface area contributed by atoms with Crippen LogP contribution in [-0.2, 0) is 0 Å². The molecule has 94 valence electrons. The van der Waals surface area contributed by atoms with Crippen molar-refractivity contribution in [1.29, 1.82) is 0 Å². The third kappa shape index (κ3) is 3.13. The average molecular weight is 283 g/mol. The van der Waals surface area contributed by atoms with Gasteiger partial charge in [-0.2, -0.15) is 0 Å². The number of rotatable bonds is 3. The molecule has 0 fully saturated rings. The van der Waals surface area contributed by atoms with E-state index in [1.54, 1.807) is 30.5 Å². The number of nitrogens with zero attached hydrogens (tertiary/aromatic N) is 1. The van der Waals surface area contributed by atoms with Crippen LogP contribution in [0, 0.1) is 0 Å². The van der Waals surface area contributed by atoms with Crippen molar-refractivity contribution >= 4 is 23.2 Å². The zero-order valence-electron chi connectivity index (χ0n) is 9.73. The Kier molecular flexibility index (Phi) is 4.07. The largest absolute Gasteiger partial charge is 0.454 e. The monoisotopic (exact) mass is 282 g/mol. The maximum absolute atomic E-state index is 6.01. The third-order valence-electron chi connectivity index (χ3n) is 2.35. The molecule has 3 nitrogen and oxygen atoms in total. The number of aromatic nitrogens is 1. The molecule has 0 bridgehead atoms. The summed E-state index contributed by atoms with van der Waals surface area (Å²) in [6.45, 7) is 1.87. The van der Waals surface area contributed by atoms with E-state index in [-0.39, 0.29) is 6.04 Å². The van der Waals surface area contributed by atoms with E-state index in [4.69, 9.17) is 33.7 Å². The Bertz CT molecular complexity index is 541. The Morgan fingerprint density at radius 1 is 1.22 bits per heavy atom. The SMILES string of the molecule is C[C@@H](N)c1ccc(Oc2ccc(Cl)cc2Cl)cn1. The third-order valence-corrected chi connectivity index (χ3v) is 2.88. The van der Waals surface area contributed by atoms with E-state index in [0.29, 0.717) is 21.5 Å². The minimum atomic E-state index is -0.0989. The molecular formula is C13H12Cl2N2O. The molecule has 0 amide bonds. The van der Waals surface area contributed by atoms with Crippen LogP contribution < -0.4 is 10.5 Å². The zero-order valence-corrected chi connectivity index (χ0v) is 11.2. The van der Waals surface area contributed by atoms with Crippen LogP contribution in [0.5, 0.6) is 11.5 Å². The molecule has 2 aromatic rings. The van der Waals surface area contributed by atoms with Crippen LogP contribution >= 0.6 is 23.2 Å². The molecule has 0 saturated heterocycles. The van der Waals surface area contributed by atoms with Crippen molar-refractivity contribution in [3.05, 3.63) is 52.3 Å². The van der Waals surface area contributed by atoms with Gasteiger partial charge in [0.25, 0.3) is 0 Å². The summed E-state index contributed by atoms with van der Waals surface area (Å²) in [7, 11) is 0. The van der Waals surface area contributed by atoms with Crippen molar-refractivity contribution in [2.45, 2.75) is 13.0 Å². The highest BCUT2D eigenvalue weighted by molar-refractivity contribution is 6.35. The predicted octanol–water partition coefficient (Wildman–Crippen LogP) is 4.20. The molecule has 1 heterocycles. The van der Waals surface area contributed by atoms with Gasteiger partial charge in [-0.3, -0.25) is 4.98 Å². The standard InChI is InChI=1S/C13H12Cl2N2O/c1-8(16)12-4-3-10(7-17-12)18-13-5-2-9(14)6-11(13)15/h2-8H,16H2,1H3/t8-/m1/s1. The fourth-order valence-electron chi connectivity index (χ4n) is 1.41. The van der Waals surface area contributed by atoms with Gasteiger partial charge >= 0.3 is 0 Å². The second-order valence-corrected chi connectivity index (χ2v) is 4.73. The number of hydrogen-bond acceptors (Lipinski definition) is 3. The molecule has 0 spiro atoms. The lowest BCUT2D eigenvalue weighted by Gasteiger charge is -2.09. The first-order chi connectivity index (χ1) is 8.56. The molecule has 18 heavy (non-hydrogen) atoms. The zero-order chi connectivity index (χ0) is 13.1. The molecule has 0 unspecified atom stereocenters. The van der Waals surface area contributed by atoms with Gasteiger partial charge in [-0.05, 0) is 37.3 Å². The molecule has 1 atom stereocenters. The molecule has 2 rings (SSSR count). The summed E-state index contributed by atoms with van der Waals surface area (Å²) in [6, 6.07) is 8.58. The lowest BCUT2D eigenvalue weighted by molar-refractivity contribution is 0.479. The van der Waals surface area contributed by atoms with Gasteiger partial charge in [-0.15, -0.1) is 0 Å². The van der Waals surface area contributed by atoms with Gasteiger partial charge in [0.1, 0.15) is 11.5 Å². The van der Waals surface area contributed by atoms with Crippen LogP contribution in [0.25, 0.3) is 0 Å². The molecular weight excluding hydrogens is 271 g/mol. The number of ether oxygens (including phenoxy) is 1. The van der Waals surface area contributed by atoms with Gasteiger partial charge in [0.2, 0.25) is 0 Å². The Morgan fingerprint density at radius 2 is 2.00 bits per heavy atom. The molecule has 5 heteroatoms. The normalized spacial score (nSPS) is 12.2. The van der Waals surface area contributed by atoms with E-state index in [9.17, 15) is 0 Å². The molecule has 0 radical (unpaired) electrons. The van der Waals surface area contributed by atoms with E-state index in [1.165, 1.54) is 0 Å². The van der Waals surface area contributed by atoms with Gasteiger partial charge in [0.15, 0.2) is 0 Å². The number of benzene rings is 1. The first-order valence-corrected chi connectivity index (χ1v) is 6.16. The molecule has 1 aromatic carbocycles. The molecule has 1 aromatic heterocycles. The summed E-state index contributed by atoms with van der Waals surface area (Å²) in [5.74, 6) is 1.14. The van der Waals surface area contributed by atoms with E-state index >= 15 is 0 Å². The lowest BCUT2D eigenvalue weighted by atomic mass is 10.2. The Morgan fingerprint density at radius 3 is 2.56 bits per heavy atom. The van der Waals surface area contributed by atoms with Crippen molar-refractivity contribution in [2.24, 2.45) is 5.73 Å². The van der Waals surface area contributed by atoms with Crippen LogP contribution in [0.3, 0.4) is 0 Å². The van der Waals surface area contributed by atoms with Crippen LogP contribution in [-0.4, -0.2) is 4.98 Å². The molecule has 0 aliphatic carbocycles. The second-order valence-electron chi connectivity index (χ2n) is 3.88. The van der Waals surface area contributed by atoms with Crippen LogP contribution in [0.15, 0.2) is 36.5 Å². The van der Waals surface area contributed by atoms with Gasteiger partial charge in [0.05, 0.1) is 16.9 Å². The van der Waals surface area contributed by atoms with Gasteiger partial charge in [-0.1, -0.05) is 23.2 Å². The summed E-state index contributed by atoms with van der Waals surface area (Å²) < 4.78 is 5.60. The molecule has 0 aliphatic heterocycles. The van der Waals surface area contributed by atoms with Crippen molar-refractivity contribution in [1.82, 2.24) is 4.98 Å². The van der Waals surface area contributed by atoms with E-state index in [1.807, 2.05) is 13.0 Å². The fourth-order valence-corrected chi connectivity index (χ4v) is 1.85. The number of hydrogen-bond donors (Lipinski definition) is 1. The Labute approximate surface area is 115 Å². The summed E-state index contributed by atoms with van der Waals surface area (Å²) in [4.78, 5) is 4.20. The highest BCUT2D eigenvalue weighted by Crippen LogP contribution is 2.31. The minimum absolute atomic E-state index is 0.0989. The maximum atomic E-state index is 6.01. The summed E-state index contributed by atoms with van der Waals surface area (Å²) in [6.07, 6.45) is 1.61. The topological polar surface area (TPSA) is 48.1 Å². The van der Waals surface area contributed by atoms with Gasteiger partial charge < -0.3 is 10.5 Å². The summed E-state index contributed by atoms with van der Waals surface area (Å²) in [5, 5.41) is 1.02. The van der Waals surface area contributed by atoms with Gasteiger partial charge in [-0.25, -0.2) is 0 Å². The fraction of sp³-hybridized carbons (Fsp3) is 0.154. The van der Waals surface area contributed by atoms with E-state index < -0.39 is 0 Å². The van der Waals surface area contributed by atoms with Crippen LogP contribution in [0.2, 0.25) is 10.0 Å². The predicted molar refractivity (Wildman–Crippen MR) is 73.4 cm³/mol. The summed E-state index contributed by atoms with van der Waals surface area (Å²) >= 11 is 11.8. The Balaban J connectivity index is 2.18. The lowest BCUT2D eigenvalue weighted by Crippen LogP contribution is -2.06. The van der Waals surface area contributed by atoms with Crippen molar-refractivity contribution < 1.29 is 4.74 Å². The van der Waals surface area contributed by atoms with Crippen molar-refractivity contribution in [3.63, 3.8) is 0 Å². The van der Waals surface area contributed by atoms with Crippen molar-refractivity contribution in [2.75, 3.05) is 0 Å². The first-order valence-electron chi connectivity index (χ1n) is 5.40. The molecule has 2 N–H and O–H groups in total. The van der Waals surface area contributed by atoms with Crippen LogP contribution in [0.1, 0.15) is 18.7 Å². The Hall–Kier alpha value is -1.29. The van der Waals surface area contributed by atoms with E-state index in [2.05, 4.69) is 4.98 Å². The maximum Gasteiger partial charge on any atom is 0.146 e. The number of halogens is 2. The quantitative estimate of drug-likeness (QED) is 0.918. The van der Waals surface area contributed by atoms with E-state index in [0.717, 1.165) is 5.69 Å². The summed E-state index contributed by atoms with van der Waals surface area (Å²) in [5.41, 5.74) is 6.53. The number of nitrogens with two attached hydrogens (primary N) is 1. The van der Waals surface area contributed by atoms with Crippen LogP contribution in [0.4, 0.5) is 0 Å². The average Bonchev–Trinajstić information content (AvgIpc) is 2.33. The first kappa shape index (κ1) is 13.1. The highest BCUT2D eigenvalue weighted by atomic mass is 35.5. The molecule has 0 aliphatic rings. The van der Waals surface area contributed by atoms with Crippen molar-refractivity contribution in [3.8, 4) is 11.5 Å².